The monoisotopic (exact) mass is 346 g/mol. The van der Waals surface area contributed by atoms with Crippen molar-refractivity contribution in [1.29, 1.82) is 0 Å². The molecule has 24 heavy (non-hydrogen) atoms. The molecule has 0 fully saturated rings. The maximum Gasteiger partial charge on any atom is 0.185 e. The third-order valence-corrected chi connectivity index (χ3v) is 4.64. The number of hydrogen-bond donors (Lipinski definition) is 0. The van der Waals surface area contributed by atoms with Crippen LogP contribution in [0.5, 0.6) is 0 Å². The lowest BCUT2D eigenvalue weighted by Crippen LogP contribution is -2.09. The molecule has 128 valence electrons. The minimum Gasteiger partial charge on any atom is -0.237 e. The molecule has 0 aliphatic heterocycles. The van der Waals surface area contributed by atoms with E-state index in [9.17, 15) is 8.42 Å². The first-order valence-electron chi connectivity index (χ1n) is 7.62. The molecule has 0 aliphatic rings. The predicted molar refractivity (Wildman–Crippen MR) is 93.1 cm³/mol. The van der Waals surface area contributed by atoms with Gasteiger partial charge in [-0.15, -0.1) is 0 Å². The summed E-state index contributed by atoms with van der Waals surface area (Å²) < 4.78 is 25.0. The van der Waals surface area contributed by atoms with Gasteiger partial charge in [-0.1, -0.05) is 0 Å². The minimum absolute atomic E-state index is 0.222. The van der Waals surface area contributed by atoms with E-state index >= 15 is 0 Å². The molecule has 2 rings (SSSR count). The Morgan fingerprint density at radius 2 is 1.54 bits per heavy atom. The van der Waals surface area contributed by atoms with Gasteiger partial charge in [-0.3, -0.25) is 0 Å². The molecular formula is C17H22N4O2S. The third kappa shape index (κ3) is 5.19. The number of nitrogens with zero attached hydrogens (tertiary/aromatic N) is 4. The summed E-state index contributed by atoms with van der Waals surface area (Å²) in [5, 5.41) is 8.27. The zero-order valence-electron chi connectivity index (χ0n) is 14.6. The van der Waals surface area contributed by atoms with Gasteiger partial charge < -0.3 is 0 Å². The molecule has 6 nitrogen and oxygen atoms in total. The molecule has 2 aromatic rings. The van der Waals surface area contributed by atoms with Gasteiger partial charge >= 0.3 is 0 Å². The first-order valence-corrected chi connectivity index (χ1v) is 9.27. The molecule has 7 heteroatoms. The van der Waals surface area contributed by atoms with Crippen LogP contribution in [0, 0.1) is 13.8 Å². The number of aryl methyl sites for hydroxylation is 2. The van der Waals surface area contributed by atoms with Crippen molar-refractivity contribution in [1.82, 2.24) is 9.97 Å². The molecule has 0 atom stereocenters. The Balaban J connectivity index is 2.22. The van der Waals surface area contributed by atoms with Crippen molar-refractivity contribution < 1.29 is 8.42 Å². The third-order valence-electron chi connectivity index (χ3n) is 3.01. The quantitative estimate of drug-likeness (QED) is 0.785. The molecule has 0 radical (unpaired) electrons. The molecule has 1 aromatic carbocycles. The fraction of sp³-hybridized carbons (Fsp3) is 0.412. The van der Waals surface area contributed by atoms with Crippen LogP contribution in [0.1, 0.15) is 38.0 Å². The van der Waals surface area contributed by atoms with E-state index in [1.165, 1.54) is 12.1 Å². The van der Waals surface area contributed by atoms with Gasteiger partial charge in [-0.2, -0.15) is 10.2 Å². The van der Waals surface area contributed by atoms with Crippen molar-refractivity contribution in [3.05, 3.63) is 47.5 Å². The minimum atomic E-state index is -3.50. The maximum absolute atomic E-state index is 12.5. The van der Waals surface area contributed by atoms with Gasteiger partial charge in [0.15, 0.2) is 9.84 Å². The van der Waals surface area contributed by atoms with Crippen LogP contribution >= 0.6 is 0 Å². The summed E-state index contributed by atoms with van der Waals surface area (Å²) in [4.78, 5) is 8.61. The van der Waals surface area contributed by atoms with Gasteiger partial charge in [0, 0.05) is 11.4 Å². The molecule has 0 unspecified atom stereocenters. The highest BCUT2D eigenvalue weighted by Crippen LogP contribution is 2.21. The van der Waals surface area contributed by atoms with Gasteiger partial charge in [0.05, 0.1) is 16.1 Å². The molecule has 0 spiro atoms. The lowest BCUT2D eigenvalue weighted by Gasteiger charge is -2.09. The highest BCUT2D eigenvalue weighted by Gasteiger charge is 2.17. The van der Waals surface area contributed by atoms with Gasteiger partial charge in [0.1, 0.15) is 11.6 Å². The van der Waals surface area contributed by atoms with E-state index in [0.717, 1.165) is 11.4 Å². The van der Waals surface area contributed by atoms with Crippen LogP contribution in [0.4, 0.5) is 5.69 Å². The average Bonchev–Trinajstić information content (AvgIpc) is 2.43. The lowest BCUT2D eigenvalue weighted by atomic mass is 10.1. The summed E-state index contributed by atoms with van der Waals surface area (Å²) in [6, 6.07) is 8.17. The van der Waals surface area contributed by atoms with Crippen LogP contribution in [0.3, 0.4) is 0 Å². The number of rotatable bonds is 4. The number of hydrogen-bond acceptors (Lipinski definition) is 6. The second kappa shape index (κ2) is 6.76. The average molecular weight is 346 g/mol. The Labute approximate surface area is 143 Å². The van der Waals surface area contributed by atoms with Crippen molar-refractivity contribution >= 4 is 15.5 Å². The van der Waals surface area contributed by atoms with Crippen LogP contribution in [-0.4, -0.2) is 23.9 Å². The number of aromatic nitrogens is 2. The van der Waals surface area contributed by atoms with Crippen molar-refractivity contribution in [3.63, 3.8) is 0 Å². The summed E-state index contributed by atoms with van der Waals surface area (Å²) in [5.41, 5.74) is 1.85. The maximum atomic E-state index is 12.5. The molecule has 0 N–H and O–H groups in total. The standard InChI is InChI=1S/C17H22N4O2S/c1-12-10-13(2)19-16(18-12)11-24(22,23)15-8-6-14(7-9-15)20-21-17(3,4)5/h6-10H,11H2,1-5H3. The predicted octanol–water partition coefficient (Wildman–Crippen LogP) is 3.95. The molecule has 0 amide bonds. The molecule has 1 aromatic heterocycles. The summed E-state index contributed by atoms with van der Waals surface area (Å²) in [6.07, 6.45) is 0. The molecular weight excluding hydrogens is 324 g/mol. The summed E-state index contributed by atoms with van der Waals surface area (Å²) in [6.45, 7) is 9.47. The van der Waals surface area contributed by atoms with Gasteiger partial charge in [-0.05, 0) is 65.0 Å². The fourth-order valence-electron chi connectivity index (χ4n) is 2.04. The van der Waals surface area contributed by atoms with Crippen LogP contribution < -0.4 is 0 Å². The van der Waals surface area contributed by atoms with Gasteiger partial charge in [0.2, 0.25) is 0 Å². The van der Waals surface area contributed by atoms with Gasteiger partial charge in [0.25, 0.3) is 0 Å². The van der Waals surface area contributed by atoms with Crippen molar-refractivity contribution in [2.45, 2.75) is 50.8 Å². The number of benzene rings is 1. The summed E-state index contributed by atoms with van der Waals surface area (Å²) in [5.74, 6) is 0.0854. The Morgan fingerprint density at radius 1 is 1.00 bits per heavy atom. The van der Waals surface area contributed by atoms with Crippen LogP contribution in [0.15, 0.2) is 45.5 Å². The Bertz CT molecular complexity index is 831. The smallest absolute Gasteiger partial charge is 0.185 e. The van der Waals surface area contributed by atoms with Crippen molar-refractivity contribution in [2.75, 3.05) is 0 Å². The fourth-order valence-corrected chi connectivity index (χ4v) is 3.23. The van der Waals surface area contributed by atoms with Gasteiger partial charge in [-0.25, -0.2) is 18.4 Å². The number of azo groups is 1. The number of sulfone groups is 1. The molecule has 0 aliphatic carbocycles. The Kier molecular flexibility index (Phi) is 5.13. The SMILES string of the molecule is Cc1cc(C)nc(CS(=O)(=O)c2ccc(N=NC(C)(C)C)cc2)n1. The highest BCUT2D eigenvalue weighted by molar-refractivity contribution is 7.90. The lowest BCUT2D eigenvalue weighted by molar-refractivity contribution is 0.552. The second-order valence-corrected chi connectivity index (χ2v) is 8.68. The van der Waals surface area contributed by atoms with E-state index in [1.807, 2.05) is 40.7 Å². The summed E-state index contributed by atoms with van der Waals surface area (Å²) in [7, 11) is -3.50. The topological polar surface area (TPSA) is 84.6 Å². The summed E-state index contributed by atoms with van der Waals surface area (Å²) >= 11 is 0. The largest absolute Gasteiger partial charge is 0.237 e. The van der Waals surface area contributed by atoms with E-state index in [4.69, 9.17) is 0 Å². The molecule has 0 bridgehead atoms. The normalized spacial score (nSPS) is 12.7. The highest BCUT2D eigenvalue weighted by atomic mass is 32.2. The van der Waals surface area contributed by atoms with Crippen LogP contribution in [0.2, 0.25) is 0 Å². The Morgan fingerprint density at radius 3 is 2.04 bits per heavy atom. The van der Waals surface area contributed by atoms with Crippen molar-refractivity contribution in [3.8, 4) is 0 Å². The van der Waals surface area contributed by atoms with E-state index in [1.54, 1.807) is 12.1 Å². The zero-order chi connectivity index (χ0) is 18.0. The van der Waals surface area contributed by atoms with E-state index < -0.39 is 9.84 Å². The first-order chi connectivity index (χ1) is 11.0. The van der Waals surface area contributed by atoms with E-state index in [0.29, 0.717) is 11.5 Å². The zero-order valence-corrected chi connectivity index (χ0v) is 15.4. The van der Waals surface area contributed by atoms with Crippen molar-refractivity contribution in [2.24, 2.45) is 10.2 Å². The van der Waals surface area contributed by atoms with E-state index in [2.05, 4.69) is 20.2 Å². The molecule has 0 saturated carbocycles. The van der Waals surface area contributed by atoms with Crippen LogP contribution in [-0.2, 0) is 15.6 Å². The van der Waals surface area contributed by atoms with E-state index in [-0.39, 0.29) is 16.2 Å². The molecule has 1 heterocycles. The van der Waals surface area contributed by atoms with Crippen LogP contribution in [0.25, 0.3) is 0 Å². The first kappa shape index (κ1) is 18.2. The molecule has 0 saturated heterocycles. The second-order valence-electron chi connectivity index (χ2n) is 6.69. The Hall–Kier alpha value is -2.15.